The first-order valence-corrected chi connectivity index (χ1v) is 5.86. The van der Waals surface area contributed by atoms with Gasteiger partial charge in [0.15, 0.2) is 5.75 Å². The largest absolute Gasteiger partial charge is 0.504 e. The van der Waals surface area contributed by atoms with Gasteiger partial charge in [0.1, 0.15) is 5.69 Å². The lowest BCUT2D eigenvalue weighted by Crippen LogP contribution is -2.04. The summed E-state index contributed by atoms with van der Waals surface area (Å²) < 4.78 is 1.85. The zero-order valence-corrected chi connectivity index (χ0v) is 10.7. The minimum atomic E-state index is 0.250. The summed E-state index contributed by atoms with van der Waals surface area (Å²) in [6, 6.07) is 8.28. The van der Waals surface area contributed by atoms with E-state index in [0.717, 1.165) is 11.3 Å². The fourth-order valence-corrected chi connectivity index (χ4v) is 1.92. The first-order chi connectivity index (χ1) is 8.00. The van der Waals surface area contributed by atoms with E-state index in [1.165, 1.54) is 5.56 Å². The summed E-state index contributed by atoms with van der Waals surface area (Å²) in [5, 5.41) is 14.6. The first-order valence-electron chi connectivity index (χ1n) is 5.86. The smallest absolute Gasteiger partial charge is 0.164 e. The molecule has 0 spiro atoms. The van der Waals surface area contributed by atoms with E-state index < -0.39 is 0 Å². The monoisotopic (exact) mass is 230 g/mol. The van der Waals surface area contributed by atoms with Gasteiger partial charge < -0.3 is 5.11 Å². The van der Waals surface area contributed by atoms with Crippen molar-refractivity contribution in [3.8, 4) is 17.0 Å². The first kappa shape index (κ1) is 11.7. The number of aryl methyl sites for hydroxylation is 1. The van der Waals surface area contributed by atoms with Gasteiger partial charge in [-0.15, -0.1) is 0 Å². The van der Waals surface area contributed by atoms with Crippen LogP contribution in [0.5, 0.6) is 5.75 Å². The van der Waals surface area contributed by atoms with Crippen molar-refractivity contribution in [2.75, 3.05) is 0 Å². The zero-order chi connectivity index (χ0) is 12.6. The quantitative estimate of drug-likeness (QED) is 0.858. The fraction of sp³-hybridized carbons (Fsp3) is 0.357. The number of hydrogen-bond acceptors (Lipinski definition) is 2. The third-order valence-electron chi connectivity index (χ3n) is 2.93. The molecule has 0 saturated carbocycles. The summed E-state index contributed by atoms with van der Waals surface area (Å²) in [4.78, 5) is 0. The Morgan fingerprint density at radius 1 is 1.12 bits per heavy atom. The molecule has 90 valence electrons. The lowest BCUT2D eigenvalue weighted by atomic mass is 10.1. The molecule has 0 atom stereocenters. The second-order valence-electron chi connectivity index (χ2n) is 4.69. The fourth-order valence-electron chi connectivity index (χ4n) is 1.92. The maximum Gasteiger partial charge on any atom is 0.164 e. The summed E-state index contributed by atoms with van der Waals surface area (Å²) in [5.41, 5.74) is 3.63. The van der Waals surface area contributed by atoms with Crippen LogP contribution < -0.4 is 0 Å². The third-order valence-corrected chi connectivity index (χ3v) is 2.93. The number of hydrogen-bond donors (Lipinski definition) is 1. The number of aromatic nitrogens is 2. The summed E-state index contributed by atoms with van der Waals surface area (Å²) >= 11 is 0. The van der Waals surface area contributed by atoms with Crippen molar-refractivity contribution >= 4 is 0 Å². The zero-order valence-electron chi connectivity index (χ0n) is 10.7. The molecular weight excluding hydrogens is 212 g/mol. The number of benzene rings is 1. The second-order valence-corrected chi connectivity index (χ2v) is 4.69. The molecule has 3 heteroatoms. The van der Waals surface area contributed by atoms with E-state index in [9.17, 15) is 5.11 Å². The van der Waals surface area contributed by atoms with Crippen molar-refractivity contribution in [3.63, 3.8) is 0 Å². The highest BCUT2D eigenvalue weighted by molar-refractivity contribution is 5.67. The molecule has 0 saturated heterocycles. The topological polar surface area (TPSA) is 38.0 Å². The van der Waals surface area contributed by atoms with Crippen molar-refractivity contribution in [1.29, 1.82) is 0 Å². The van der Waals surface area contributed by atoms with Crippen LogP contribution in [0.15, 0.2) is 24.3 Å². The molecule has 1 aromatic heterocycles. The van der Waals surface area contributed by atoms with Crippen LogP contribution in [0, 0.1) is 13.8 Å². The molecule has 2 rings (SSSR count). The molecule has 1 aromatic carbocycles. The van der Waals surface area contributed by atoms with Crippen LogP contribution in [0.3, 0.4) is 0 Å². The lowest BCUT2D eigenvalue weighted by molar-refractivity contribution is 0.461. The number of nitrogens with zero attached hydrogens (tertiary/aromatic N) is 2. The van der Waals surface area contributed by atoms with Gasteiger partial charge in [-0.25, -0.2) is 0 Å². The average Bonchev–Trinajstić information content (AvgIpc) is 2.58. The van der Waals surface area contributed by atoms with Crippen molar-refractivity contribution < 1.29 is 5.11 Å². The summed E-state index contributed by atoms with van der Waals surface area (Å²) in [7, 11) is 0. The Hall–Kier alpha value is -1.77. The van der Waals surface area contributed by atoms with Crippen LogP contribution in [0.25, 0.3) is 11.3 Å². The molecule has 1 heterocycles. The van der Waals surface area contributed by atoms with Gasteiger partial charge in [-0.1, -0.05) is 29.8 Å². The van der Waals surface area contributed by atoms with E-state index in [2.05, 4.69) is 18.9 Å². The SMILES string of the molecule is Cc1ccc(-c2nn(C(C)C)c(C)c2O)cc1. The van der Waals surface area contributed by atoms with Crippen LogP contribution in [-0.4, -0.2) is 14.9 Å². The predicted octanol–water partition coefficient (Wildman–Crippen LogP) is 3.45. The van der Waals surface area contributed by atoms with Gasteiger partial charge in [0.2, 0.25) is 0 Å². The molecule has 3 nitrogen and oxygen atoms in total. The maximum absolute atomic E-state index is 10.1. The molecule has 0 radical (unpaired) electrons. The van der Waals surface area contributed by atoms with Gasteiger partial charge in [-0.3, -0.25) is 4.68 Å². The number of rotatable bonds is 2. The highest BCUT2D eigenvalue weighted by atomic mass is 16.3. The van der Waals surface area contributed by atoms with Crippen LogP contribution in [-0.2, 0) is 0 Å². The molecular formula is C14H18N2O. The van der Waals surface area contributed by atoms with Crippen molar-refractivity contribution in [2.24, 2.45) is 0 Å². The normalized spacial score (nSPS) is 11.1. The summed E-state index contributed by atoms with van der Waals surface area (Å²) in [6.07, 6.45) is 0. The molecule has 17 heavy (non-hydrogen) atoms. The molecule has 0 aliphatic rings. The Balaban J connectivity index is 2.53. The van der Waals surface area contributed by atoms with Gasteiger partial charge in [-0.05, 0) is 27.7 Å². The van der Waals surface area contributed by atoms with Crippen LogP contribution in [0.1, 0.15) is 31.1 Å². The maximum atomic E-state index is 10.1. The van der Waals surface area contributed by atoms with E-state index in [-0.39, 0.29) is 11.8 Å². The predicted molar refractivity (Wildman–Crippen MR) is 69.2 cm³/mol. The number of aromatic hydroxyl groups is 1. The van der Waals surface area contributed by atoms with Gasteiger partial charge in [0.05, 0.1) is 5.69 Å². The minimum absolute atomic E-state index is 0.250. The lowest BCUT2D eigenvalue weighted by Gasteiger charge is -2.06. The van der Waals surface area contributed by atoms with Gasteiger partial charge in [0.25, 0.3) is 0 Å². The van der Waals surface area contributed by atoms with E-state index in [4.69, 9.17) is 0 Å². The third kappa shape index (κ3) is 2.05. The highest BCUT2D eigenvalue weighted by Gasteiger charge is 2.16. The van der Waals surface area contributed by atoms with Crippen LogP contribution in [0.2, 0.25) is 0 Å². The molecule has 0 bridgehead atoms. The molecule has 0 amide bonds. The Kier molecular flexibility index (Phi) is 2.92. The molecule has 2 aromatic rings. The van der Waals surface area contributed by atoms with E-state index in [1.54, 1.807) is 0 Å². The average molecular weight is 230 g/mol. The molecule has 0 fully saturated rings. The van der Waals surface area contributed by atoms with E-state index in [1.807, 2.05) is 42.8 Å². The minimum Gasteiger partial charge on any atom is -0.504 e. The molecule has 1 N–H and O–H groups in total. The van der Waals surface area contributed by atoms with E-state index in [0.29, 0.717) is 5.69 Å². The van der Waals surface area contributed by atoms with Gasteiger partial charge in [0, 0.05) is 11.6 Å². The Morgan fingerprint density at radius 3 is 2.18 bits per heavy atom. The highest BCUT2D eigenvalue weighted by Crippen LogP contribution is 2.32. The van der Waals surface area contributed by atoms with E-state index >= 15 is 0 Å². The van der Waals surface area contributed by atoms with Crippen molar-refractivity contribution in [2.45, 2.75) is 33.7 Å². The Labute approximate surface area is 102 Å². The molecule has 0 aliphatic carbocycles. The molecule has 0 aliphatic heterocycles. The van der Waals surface area contributed by atoms with Gasteiger partial charge in [-0.2, -0.15) is 5.10 Å². The van der Waals surface area contributed by atoms with Crippen LogP contribution in [0.4, 0.5) is 0 Å². The standard InChI is InChI=1S/C14H18N2O/c1-9(2)16-11(4)14(17)13(15-16)12-7-5-10(3)6-8-12/h5-9,17H,1-4H3. The Bertz CT molecular complexity index is 524. The summed E-state index contributed by atoms with van der Waals surface area (Å²) in [6.45, 7) is 8.04. The second kappa shape index (κ2) is 4.24. The molecule has 0 unspecified atom stereocenters. The van der Waals surface area contributed by atoms with Gasteiger partial charge >= 0.3 is 0 Å². The van der Waals surface area contributed by atoms with Crippen molar-refractivity contribution in [1.82, 2.24) is 9.78 Å². The summed E-state index contributed by atoms with van der Waals surface area (Å²) in [5.74, 6) is 0.280. The van der Waals surface area contributed by atoms with Crippen molar-refractivity contribution in [3.05, 3.63) is 35.5 Å². The Morgan fingerprint density at radius 2 is 1.71 bits per heavy atom. The van der Waals surface area contributed by atoms with Crippen LogP contribution >= 0.6 is 0 Å².